The minimum Gasteiger partial charge on any atom is -0.323 e. The Morgan fingerprint density at radius 3 is 2.43 bits per heavy atom. The molecule has 1 aliphatic rings. The zero-order chi connectivity index (χ0) is 15.5. The lowest BCUT2D eigenvalue weighted by atomic mass is 9.86. The molecule has 118 valence electrons. The molecule has 0 saturated carbocycles. The molecule has 0 amide bonds. The fourth-order valence-electron chi connectivity index (χ4n) is 3.19. The van der Waals surface area contributed by atoms with Crippen LogP contribution in [0.15, 0.2) is 24.3 Å². The maximum Gasteiger partial charge on any atom is 0.0424 e. The van der Waals surface area contributed by atoms with E-state index in [1.165, 1.54) is 43.4 Å². The number of hydrogen-bond donors (Lipinski definition) is 1. The van der Waals surface area contributed by atoms with E-state index in [1.807, 2.05) is 0 Å². The predicted octanol–water partition coefficient (Wildman–Crippen LogP) is 4.25. The van der Waals surface area contributed by atoms with Gasteiger partial charge < -0.3 is 5.73 Å². The van der Waals surface area contributed by atoms with Crippen molar-refractivity contribution in [1.29, 1.82) is 0 Å². The highest BCUT2D eigenvalue weighted by atomic mass is 15.2. The third-order valence-electron chi connectivity index (χ3n) is 4.83. The molecule has 2 nitrogen and oxygen atoms in total. The van der Waals surface area contributed by atoms with Crippen LogP contribution >= 0.6 is 0 Å². The van der Waals surface area contributed by atoms with Crippen LogP contribution in [0, 0.1) is 0 Å². The SMILES string of the molecule is CC1CCCCCN1CC(N)c1ccc(C(C)(C)C)cc1. The summed E-state index contributed by atoms with van der Waals surface area (Å²) in [5.41, 5.74) is 9.31. The predicted molar refractivity (Wildman–Crippen MR) is 91.6 cm³/mol. The average molecular weight is 288 g/mol. The Morgan fingerprint density at radius 2 is 1.81 bits per heavy atom. The monoisotopic (exact) mass is 288 g/mol. The van der Waals surface area contributed by atoms with Crippen LogP contribution in [0.1, 0.15) is 70.5 Å². The van der Waals surface area contributed by atoms with E-state index in [-0.39, 0.29) is 11.5 Å². The summed E-state index contributed by atoms with van der Waals surface area (Å²) in [6.45, 7) is 11.3. The van der Waals surface area contributed by atoms with Gasteiger partial charge in [-0.3, -0.25) is 4.90 Å². The van der Waals surface area contributed by atoms with Crippen molar-refractivity contribution in [3.8, 4) is 0 Å². The van der Waals surface area contributed by atoms with Gasteiger partial charge in [0.15, 0.2) is 0 Å². The zero-order valence-electron chi connectivity index (χ0n) is 14.2. The Bertz CT molecular complexity index is 430. The lowest BCUT2D eigenvalue weighted by Crippen LogP contribution is -2.38. The highest BCUT2D eigenvalue weighted by molar-refractivity contribution is 5.29. The molecule has 1 heterocycles. The Balaban J connectivity index is 2.00. The summed E-state index contributed by atoms with van der Waals surface area (Å²) in [6.07, 6.45) is 5.37. The van der Waals surface area contributed by atoms with Crippen molar-refractivity contribution in [3.63, 3.8) is 0 Å². The van der Waals surface area contributed by atoms with E-state index >= 15 is 0 Å². The second kappa shape index (κ2) is 6.93. The van der Waals surface area contributed by atoms with Crippen LogP contribution in [-0.4, -0.2) is 24.0 Å². The number of hydrogen-bond acceptors (Lipinski definition) is 2. The Hall–Kier alpha value is -0.860. The summed E-state index contributed by atoms with van der Waals surface area (Å²) in [5, 5.41) is 0. The van der Waals surface area contributed by atoms with E-state index in [0.29, 0.717) is 6.04 Å². The first-order valence-electron chi connectivity index (χ1n) is 8.48. The number of rotatable bonds is 3. The summed E-state index contributed by atoms with van der Waals surface area (Å²) in [4.78, 5) is 2.58. The molecule has 1 aromatic carbocycles. The van der Waals surface area contributed by atoms with Crippen LogP contribution in [0.5, 0.6) is 0 Å². The van der Waals surface area contributed by atoms with Crippen LogP contribution in [0.3, 0.4) is 0 Å². The van der Waals surface area contributed by atoms with Crippen molar-refractivity contribution in [2.45, 2.75) is 70.9 Å². The maximum atomic E-state index is 6.46. The first-order valence-corrected chi connectivity index (χ1v) is 8.48. The topological polar surface area (TPSA) is 29.3 Å². The lowest BCUT2D eigenvalue weighted by Gasteiger charge is -2.30. The van der Waals surface area contributed by atoms with Crippen LogP contribution < -0.4 is 5.73 Å². The zero-order valence-corrected chi connectivity index (χ0v) is 14.2. The number of nitrogens with two attached hydrogens (primary N) is 1. The second-order valence-corrected chi connectivity index (χ2v) is 7.67. The molecule has 1 fully saturated rings. The summed E-state index contributed by atoms with van der Waals surface area (Å²) >= 11 is 0. The lowest BCUT2D eigenvalue weighted by molar-refractivity contribution is 0.201. The van der Waals surface area contributed by atoms with Gasteiger partial charge in [0.2, 0.25) is 0 Å². The first kappa shape index (κ1) is 16.5. The van der Waals surface area contributed by atoms with Crippen LogP contribution in [0.4, 0.5) is 0 Å². The van der Waals surface area contributed by atoms with Gasteiger partial charge in [0.1, 0.15) is 0 Å². The third-order valence-corrected chi connectivity index (χ3v) is 4.83. The van der Waals surface area contributed by atoms with Crippen LogP contribution in [0.2, 0.25) is 0 Å². The van der Waals surface area contributed by atoms with Gasteiger partial charge in [0.25, 0.3) is 0 Å². The van der Waals surface area contributed by atoms with E-state index < -0.39 is 0 Å². The van der Waals surface area contributed by atoms with Gasteiger partial charge in [-0.1, -0.05) is 57.9 Å². The summed E-state index contributed by atoms with van der Waals surface area (Å²) in [7, 11) is 0. The molecular formula is C19H32N2. The van der Waals surface area contributed by atoms with Gasteiger partial charge in [0, 0.05) is 18.6 Å². The van der Waals surface area contributed by atoms with Crippen molar-refractivity contribution >= 4 is 0 Å². The minimum absolute atomic E-state index is 0.125. The normalized spacial score (nSPS) is 22.8. The largest absolute Gasteiger partial charge is 0.323 e. The van der Waals surface area contributed by atoms with Crippen molar-refractivity contribution in [1.82, 2.24) is 4.90 Å². The molecule has 0 spiro atoms. The molecule has 2 rings (SSSR count). The Morgan fingerprint density at radius 1 is 1.14 bits per heavy atom. The smallest absolute Gasteiger partial charge is 0.0424 e. The molecule has 2 N–H and O–H groups in total. The molecule has 1 aromatic rings. The molecule has 0 radical (unpaired) electrons. The minimum atomic E-state index is 0.125. The van der Waals surface area contributed by atoms with E-state index in [9.17, 15) is 0 Å². The fraction of sp³-hybridized carbons (Fsp3) is 0.684. The third kappa shape index (κ3) is 4.55. The van der Waals surface area contributed by atoms with E-state index in [4.69, 9.17) is 5.73 Å². The molecule has 0 aliphatic carbocycles. The second-order valence-electron chi connectivity index (χ2n) is 7.67. The molecule has 0 aromatic heterocycles. The molecule has 2 unspecified atom stereocenters. The highest BCUT2D eigenvalue weighted by Gasteiger charge is 2.20. The van der Waals surface area contributed by atoms with Gasteiger partial charge in [-0.2, -0.15) is 0 Å². The Kier molecular flexibility index (Phi) is 5.45. The van der Waals surface area contributed by atoms with Crippen molar-refractivity contribution in [3.05, 3.63) is 35.4 Å². The summed E-state index contributed by atoms with van der Waals surface area (Å²) in [5.74, 6) is 0. The standard InChI is InChI=1S/C19H32N2/c1-15-8-6-5-7-13-21(15)14-18(20)16-9-11-17(12-10-16)19(2,3)4/h9-12,15,18H,5-8,13-14,20H2,1-4H3. The van der Waals surface area contributed by atoms with E-state index in [0.717, 1.165) is 6.54 Å². The molecule has 0 bridgehead atoms. The summed E-state index contributed by atoms with van der Waals surface area (Å²) in [6, 6.07) is 9.70. The van der Waals surface area contributed by atoms with Crippen molar-refractivity contribution in [2.75, 3.05) is 13.1 Å². The highest BCUT2D eigenvalue weighted by Crippen LogP contribution is 2.24. The molecule has 1 aliphatic heterocycles. The molecule has 1 saturated heterocycles. The quantitative estimate of drug-likeness (QED) is 0.901. The van der Waals surface area contributed by atoms with E-state index in [2.05, 4.69) is 56.9 Å². The van der Waals surface area contributed by atoms with Crippen LogP contribution in [0.25, 0.3) is 0 Å². The van der Waals surface area contributed by atoms with Gasteiger partial charge in [-0.15, -0.1) is 0 Å². The number of likely N-dealkylation sites (tertiary alicyclic amines) is 1. The first-order chi connectivity index (χ1) is 9.88. The Labute approximate surface area is 130 Å². The van der Waals surface area contributed by atoms with Crippen LogP contribution in [-0.2, 0) is 5.41 Å². The maximum absolute atomic E-state index is 6.46. The number of benzene rings is 1. The summed E-state index contributed by atoms with van der Waals surface area (Å²) < 4.78 is 0. The van der Waals surface area contributed by atoms with Gasteiger partial charge >= 0.3 is 0 Å². The van der Waals surface area contributed by atoms with E-state index in [1.54, 1.807) is 0 Å². The van der Waals surface area contributed by atoms with Crippen molar-refractivity contribution in [2.24, 2.45) is 5.73 Å². The van der Waals surface area contributed by atoms with Gasteiger partial charge in [0.05, 0.1) is 0 Å². The number of nitrogens with zero attached hydrogens (tertiary/aromatic N) is 1. The van der Waals surface area contributed by atoms with Gasteiger partial charge in [-0.05, 0) is 42.9 Å². The average Bonchev–Trinajstić information content (AvgIpc) is 2.63. The molecule has 2 heteroatoms. The molecular weight excluding hydrogens is 256 g/mol. The molecule has 2 atom stereocenters. The van der Waals surface area contributed by atoms with Gasteiger partial charge in [-0.25, -0.2) is 0 Å². The van der Waals surface area contributed by atoms with Crippen molar-refractivity contribution < 1.29 is 0 Å². The molecule has 21 heavy (non-hydrogen) atoms. The fourth-order valence-corrected chi connectivity index (χ4v) is 3.19.